The van der Waals surface area contributed by atoms with Crippen LogP contribution < -0.4 is 11.2 Å². The van der Waals surface area contributed by atoms with Crippen molar-refractivity contribution in [1.29, 1.82) is 0 Å². The second-order valence-corrected chi connectivity index (χ2v) is 6.25. The van der Waals surface area contributed by atoms with Crippen LogP contribution in [0.25, 0.3) is 0 Å². The van der Waals surface area contributed by atoms with Crippen LogP contribution in [0.5, 0.6) is 0 Å². The van der Waals surface area contributed by atoms with E-state index in [1.54, 1.807) is 0 Å². The van der Waals surface area contributed by atoms with Crippen molar-refractivity contribution in [2.24, 2.45) is 0 Å². The number of nitrogens with zero attached hydrogens (tertiary/aromatic N) is 2. The van der Waals surface area contributed by atoms with Gasteiger partial charge in [0.25, 0.3) is 0 Å². The summed E-state index contributed by atoms with van der Waals surface area (Å²) in [6.45, 7) is 5.18. The van der Waals surface area contributed by atoms with Crippen molar-refractivity contribution < 1.29 is 0 Å². The quantitative estimate of drug-likeness (QED) is 0.566. The number of hydrazine groups is 2. The number of anilines is 2. The van der Waals surface area contributed by atoms with Crippen LogP contribution in [-0.4, -0.2) is 24.2 Å². The van der Waals surface area contributed by atoms with E-state index in [9.17, 15) is 0 Å². The van der Waals surface area contributed by atoms with Gasteiger partial charge in [0.05, 0.1) is 11.4 Å². The topological polar surface area (TPSA) is 44.5 Å². The lowest BCUT2D eigenvalue weighted by atomic mass is 10.1. The van der Waals surface area contributed by atoms with Crippen molar-refractivity contribution in [2.45, 2.75) is 39.7 Å². The molecule has 0 heterocycles. The molecule has 2 rings (SSSR count). The SMILES string of the molecule is CCCc1cccc(NN(C)N(C)Cc2ccc(CC)cc2)c1N. The summed E-state index contributed by atoms with van der Waals surface area (Å²) in [5, 5.41) is 4.11. The first-order chi connectivity index (χ1) is 11.5. The Kier molecular flexibility index (Phi) is 6.64. The first kappa shape index (κ1) is 18.3. The van der Waals surface area contributed by atoms with Gasteiger partial charge in [-0.3, -0.25) is 0 Å². The molecule has 0 aromatic heterocycles. The van der Waals surface area contributed by atoms with Gasteiger partial charge in [-0.1, -0.05) is 56.7 Å². The molecule has 130 valence electrons. The van der Waals surface area contributed by atoms with E-state index in [4.69, 9.17) is 5.73 Å². The fourth-order valence-electron chi connectivity index (χ4n) is 2.71. The molecule has 2 aromatic carbocycles. The molecule has 0 unspecified atom stereocenters. The zero-order valence-corrected chi connectivity index (χ0v) is 15.3. The Morgan fingerprint density at radius 3 is 2.25 bits per heavy atom. The van der Waals surface area contributed by atoms with E-state index >= 15 is 0 Å². The molecule has 0 spiro atoms. The first-order valence-corrected chi connectivity index (χ1v) is 8.71. The summed E-state index contributed by atoms with van der Waals surface area (Å²) < 4.78 is 0. The summed E-state index contributed by atoms with van der Waals surface area (Å²) in [7, 11) is 4.07. The largest absolute Gasteiger partial charge is 0.397 e. The monoisotopic (exact) mass is 326 g/mol. The zero-order chi connectivity index (χ0) is 17.5. The second kappa shape index (κ2) is 8.71. The minimum Gasteiger partial charge on any atom is -0.397 e. The van der Waals surface area contributed by atoms with Gasteiger partial charge in [-0.25, -0.2) is 5.01 Å². The number of nitrogen functional groups attached to an aromatic ring is 1. The highest BCUT2D eigenvalue weighted by molar-refractivity contribution is 5.69. The van der Waals surface area contributed by atoms with E-state index in [1.165, 1.54) is 16.7 Å². The lowest BCUT2D eigenvalue weighted by Gasteiger charge is -2.30. The number of rotatable bonds is 8. The summed E-state index contributed by atoms with van der Waals surface area (Å²) in [5.41, 5.74) is 15.3. The van der Waals surface area contributed by atoms with E-state index in [-0.39, 0.29) is 0 Å². The molecule has 0 radical (unpaired) electrons. The maximum atomic E-state index is 6.29. The molecule has 0 aliphatic rings. The minimum absolute atomic E-state index is 0.835. The molecule has 3 N–H and O–H groups in total. The maximum Gasteiger partial charge on any atom is 0.0735 e. The Bertz CT molecular complexity index is 637. The highest BCUT2D eigenvalue weighted by Gasteiger charge is 2.10. The molecule has 24 heavy (non-hydrogen) atoms. The lowest BCUT2D eigenvalue weighted by Crippen LogP contribution is -2.40. The van der Waals surface area contributed by atoms with E-state index in [0.29, 0.717) is 0 Å². The fourth-order valence-corrected chi connectivity index (χ4v) is 2.71. The Balaban J connectivity index is 2.00. The molecule has 0 saturated carbocycles. The number of benzene rings is 2. The average Bonchev–Trinajstić information content (AvgIpc) is 2.59. The summed E-state index contributed by atoms with van der Waals surface area (Å²) in [6, 6.07) is 15.0. The van der Waals surface area contributed by atoms with Crippen LogP contribution in [0.15, 0.2) is 42.5 Å². The van der Waals surface area contributed by atoms with Crippen molar-refractivity contribution in [2.75, 3.05) is 25.3 Å². The van der Waals surface area contributed by atoms with Gasteiger partial charge >= 0.3 is 0 Å². The standard InChI is InChI=1S/C20H30N4/c1-5-8-18-9-7-10-19(20(18)21)22-24(4)23(3)15-17-13-11-16(6-2)12-14-17/h7,9-14,22H,5-6,8,15,21H2,1-4H3. The van der Waals surface area contributed by atoms with Crippen LogP contribution in [-0.2, 0) is 19.4 Å². The summed E-state index contributed by atoms with van der Waals surface area (Å²) in [4.78, 5) is 0. The zero-order valence-electron chi connectivity index (χ0n) is 15.3. The molecule has 0 atom stereocenters. The van der Waals surface area contributed by atoms with Crippen LogP contribution in [0, 0.1) is 0 Å². The van der Waals surface area contributed by atoms with Gasteiger partial charge in [-0.15, -0.1) is 0 Å². The number of nitrogens with one attached hydrogen (secondary N) is 1. The van der Waals surface area contributed by atoms with Gasteiger partial charge in [-0.2, -0.15) is 5.12 Å². The molecular weight excluding hydrogens is 296 g/mol. The third-order valence-electron chi connectivity index (χ3n) is 4.35. The van der Waals surface area contributed by atoms with E-state index in [2.05, 4.69) is 67.7 Å². The normalized spacial score (nSPS) is 11.2. The Morgan fingerprint density at radius 2 is 1.62 bits per heavy atom. The molecule has 0 fully saturated rings. The van der Waals surface area contributed by atoms with Crippen LogP contribution in [0.2, 0.25) is 0 Å². The predicted octanol–water partition coefficient (Wildman–Crippen LogP) is 4.09. The molecule has 0 aliphatic heterocycles. The summed E-state index contributed by atoms with van der Waals surface area (Å²) >= 11 is 0. The number of nitrogens with two attached hydrogens (primary N) is 1. The van der Waals surface area contributed by atoms with Crippen molar-refractivity contribution in [3.05, 3.63) is 59.2 Å². The summed E-state index contributed by atoms with van der Waals surface area (Å²) in [6.07, 6.45) is 3.17. The van der Waals surface area contributed by atoms with Crippen molar-refractivity contribution in [1.82, 2.24) is 10.1 Å². The molecule has 4 heteroatoms. The summed E-state index contributed by atoms with van der Waals surface area (Å²) in [5.74, 6) is 0. The fraction of sp³-hybridized carbons (Fsp3) is 0.400. The van der Waals surface area contributed by atoms with Crippen molar-refractivity contribution in [3.8, 4) is 0 Å². The average molecular weight is 326 g/mol. The van der Waals surface area contributed by atoms with Crippen molar-refractivity contribution >= 4 is 11.4 Å². The van der Waals surface area contributed by atoms with Crippen LogP contribution in [0.3, 0.4) is 0 Å². The molecular formula is C20H30N4. The first-order valence-electron chi connectivity index (χ1n) is 8.71. The van der Waals surface area contributed by atoms with Gasteiger partial charge in [0.2, 0.25) is 0 Å². The Labute approximate surface area is 146 Å². The minimum atomic E-state index is 0.835. The third kappa shape index (κ3) is 4.73. The van der Waals surface area contributed by atoms with Crippen LogP contribution >= 0.6 is 0 Å². The number of hydrogen-bond acceptors (Lipinski definition) is 4. The molecule has 2 aromatic rings. The van der Waals surface area contributed by atoms with E-state index in [0.717, 1.165) is 37.2 Å². The van der Waals surface area contributed by atoms with Crippen LogP contribution in [0.4, 0.5) is 11.4 Å². The van der Waals surface area contributed by atoms with E-state index in [1.807, 2.05) is 18.2 Å². The number of aryl methyl sites for hydroxylation is 2. The molecule has 0 aliphatic carbocycles. The van der Waals surface area contributed by atoms with Crippen LogP contribution in [0.1, 0.15) is 37.0 Å². The number of para-hydroxylation sites is 1. The predicted molar refractivity (Wildman–Crippen MR) is 104 cm³/mol. The second-order valence-electron chi connectivity index (χ2n) is 6.25. The van der Waals surface area contributed by atoms with Gasteiger partial charge in [-0.05, 0) is 35.6 Å². The van der Waals surface area contributed by atoms with Gasteiger partial charge in [0.15, 0.2) is 0 Å². The number of hydrogen-bond donors (Lipinski definition) is 2. The highest BCUT2D eigenvalue weighted by Crippen LogP contribution is 2.24. The Morgan fingerprint density at radius 1 is 0.958 bits per heavy atom. The maximum absolute atomic E-state index is 6.29. The molecule has 0 saturated heterocycles. The van der Waals surface area contributed by atoms with Crippen molar-refractivity contribution in [3.63, 3.8) is 0 Å². The van der Waals surface area contributed by atoms with Gasteiger partial charge < -0.3 is 11.2 Å². The third-order valence-corrected chi connectivity index (χ3v) is 4.35. The Hall–Kier alpha value is -2.04. The molecule has 0 amide bonds. The van der Waals surface area contributed by atoms with E-state index < -0.39 is 0 Å². The van der Waals surface area contributed by atoms with Gasteiger partial charge in [0.1, 0.15) is 0 Å². The van der Waals surface area contributed by atoms with Gasteiger partial charge in [0, 0.05) is 20.6 Å². The lowest BCUT2D eigenvalue weighted by molar-refractivity contribution is 0.0461. The highest BCUT2D eigenvalue weighted by atomic mass is 15.8. The smallest absolute Gasteiger partial charge is 0.0735 e. The molecule has 0 bridgehead atoms. The molecule has 4 nitrogen and oxygen atoms in total.